The molecule has 0 aliphatic heterocycles. The Morgan fingerprint density at radius 3 is 1.94 bits per heavy atom. The maximum Gasteiger partial charge on any atom is 0.316 e. The van der Waals surface area contributed by atoms with E-state index < -0.39 is 17.3 Å². The molecule has 0 fully saturated rings. The minimum absolute atomic E-state index is 0.0177. The highest BCUT2D eigenvalue weighted by Crippen LogP contribution is 2.26. The molecule has 106 valence electrons. The molecule has 2 N–H and O–H groups in total. The van der Waals surface area contributed by atoms with E-state index in [2.05, 4.69) is 19.2 Å². The molecule has 0 rings (SSSR count). The van der Waals surface area contributed by atoms with Gasteiger partial charge >= 0.3 is 5.97 Å². The SMILES string of the molecule is CC(C)CCC(C)NC(=O)C(C(=O)O)C(C)(C)C. The third-order valence-electron chi connectivity index (χ3n) is 2.94. The van der Waals surface area contributed by atoms with Gasteiger partial charge in [0.15, 0.2) is 0 Å². The lowest BCUT2D eigenvalue weighted by molar-refractivity contribution is -0.151. The number of amides is 1. The van der Waals surface area contributed by atoms with Gasteiger partial charge in [-0.05, 0) is 31.1 Å². The van der Waals surface area contributed by atoms with Crippen LogP contribution in [0.1, 0.15) is 54.4 Å². The minimum Gasteiger partial charge on any atom is -0.481 e. The second kappa shape index (κ2) is 6.76. The van der Waals surface area contributed by atoms with E-state index >= 15 is 0 Å². The van der Waals surface area contributed by atoms with Crippen LogP contribution in [0.3, 0.4) is 0 Å². The van der Waals surface area contributed by atoms with Crippen molar-refractivity contribution in [3.63, 3.8) is 0 Å². The Balaban J connectivity index is 4.49. The van der Waals surface area contributed by atoms with Crippen LogP contribution in [0, 0.1) is 17.3 Å². The lowest BCUT2D eigenvalue weighted by Gasteiger charge is -2.27. The van der Waals surface area contributed by atoms with Crippen molar-refractivity contribution < 1.29 is 14.7 Å². The van der Waals surface area contributed by atoms with Crippen molar-refractivity contribution in [3.05, 3.63) is 0 Å². The molecule has 18 heavy (non-hydrogen) atoms. The van der Waals surface area contributed by atoms with Gasteiger partial charge in [-0.2, -0.15) is 0 Å². The monoisotopic (exact) mass is 257 g/mol. The smallest absolute Gasteiger partial charge is 0.316 e. The lowest BCUT2D eigenvalue weighted by atomic mass is 9.80. The van der Waals surface area contributed by atoms with Crippen LogP contribution in [0.5, 0.6) is 0 Å². The number of hydrogen-bond donors (Lipinski definition) is 2. The molecule has 0 saturated carbocycles. The summed E-state index contributed by atoms with van der Waals surface area (Å²) in [7, 11) is 0. The van der Waals surface area contributed by atoms with Crippen LogP contribution in [0.4, 0.5) is 0 Å². The second-order valence-corrected chi connectivity index (χ2v) is 6.52. The topological polar surface area (TPSA) is 66.4 Å². The number of carbonyl (C=O) groups excluding carboxylic acids is 1. The first-order chi connectivity index (χ1) is 8.05. The quantitative estimate of drug-likeness (QED) is 0.719. The molecule has 0 heterocycles. The number of hydrogen-bond acceptors (Lipinski definition) is 2. The van der Waals surface area contributed by atoms with Gasteiger partial charge in [0, 0.05) is 6.04 Å². The van der Waals surface area contributed by atoms with Crippen molar-refractivity contribution in [1.29, 1.82) is 0 Å². The van der Waals surface area contributed by atoms with Gasteiger partial charge in [0.2, 0.25) is 5.91 Å². The van der Waals surface area contributed by atoms with Crippen LogP contribution in [0.15, 0.2) is 0 Å². The molecular formula is C14H27NO3. The summed E-state index contributed by atoms with van der Waals surface area (Å²) >= 11 is 0. The zero-order chi connectivity index (χ0) is 14.5. The maximum atomic E-state index is 12.0. The highest BCUT2D eigenvalue weighted by Gasteiger charge is 2.37. The first kappa shape index (κ1) is 16.9. The van der Waals surface area contributed by atoms with Crippen molar-refractivity contribution >= 4 is 11.9 Å². The van der Waals surface area contributed by atoms with Gasteiger partial charge in [0.25, 0.3) is 0 Å². The summed E-state index contributed by atoms with van der Waals surface area (Å²) in [6, 6.07) is 0.0177. The van der Waals surface area contributed by atoms with E-state index in [1.165, 1.54) is 0 Å². The molecule has 2 unspecified atom stereocenters. The van der Waals surface area contributed by atoms with E-state index in [1.54, 1.807) is 20.8 Å². The van der Waals surface area contributed by atoms with E-state index in [1.807, 2.05) is 6.92 Å². The second-order valence-electron chi connectivity index (χ2n) is 6.52. The fourth-order valence-electron chi connectivity index (χ4n) is 1.86. The zero-order valence-corrected chi connectivity index (χ0v) is 12.4. The van der Waals surface area contributed by atoms with Crippen LogP contribution < -0.4 is 5.32 Å². The number of rotatable bonds is 6. The van der Waals surface area contributed by atoms with Crippen LogP contribution in [0.2, 0.25) is 0 Å². The summed E-state index contributed by atoms with van der Waals surface area (Å²) in [4.78, 5) is 23.2. The first-order valence-electron chi connectivity index (χ1n) is 6.59. The number of carbonyl (C=O) groups is 2. The Bertz CT molecular complexity index is 292. The fraction of sp³-hybridized carbons (Fsp3) is 0.857. The first-order valence-corrected chi connectivity index (χ1v) is 6.59. The van der Waals surface area contributed by atoms with Crippen molar-refractivity contribution in [2.75, 3.05) is 0 Å². The van der Waals surface area contributed by atoms with E-state index in [9.17, 15) is 9.59 Å². The molecule has 1 amide bonds. The Hall–Kier alpha value is -1.06. The predicted octanol–water partition coefficient (Wildman–Crippen LogP) is 2.67. The predicted molar refractivity (Wildman–Crippen MR) is 72.3 cm³/mol. The summed E-state index contributed by atoms with van der Waals surface area (Å²) in [5, 5.41) is 12.0. The van der Waals surface area contributed by atoms with Gasteiger partial charge in [0.1, 0.15) is 5.92 Å². The Kier molecular flexibility index (Phi) is 6.36. The molecule has 4 nitrogen and oxygen atoms in total. The van der Waals surface area contributed by atoms with E-state index in [0.717, 1.165) is 12.8 Å². The average molecular weight is 257 g/mol. The summed E-state index contributed by atoms with van der Waals surface area (Å²) in [5.41, 5.74) is -0.576. The Labute approximate surface area is 110 Å². The van der Waals surface area contributed by atoms with Gasteiger partial charge in [-0.1, -0.05) is 34.6 Å². The van der Waals surface area contributed by atoms with Gasteiger partial charge < -0.3 is 10.4 Å². The minimum atomic E-state index is -1.06. The van der Waals surface area contributed by atoms with Gasteiger partial charge in [-0.3, -0.25) is 9.59 Å². The third kappa shape index (κ3) is 6.03. The summed E-state index contributed by atoms with van der Waals surface area (Å²) in [6.45, 7) is 11.5. The molecule has 2 atom stereocenters. The van der Waals surface area contributed by atoms with Gasteiger partial charge in [0.05, 0.1) is 0 Å². The largest absolute Gasteiger partial charge is 0.481 e. The highest BCUT2D eigenvalue weighted by atomic mass is 16.4. The van der Waals surface area contributed by atoms with Crippen LogP contribution in [0.25, 0.3) is 0 Å². The van der Waals surface area contributed by atoms with Crippen LogP contribution >= 0.6 is 0 Å². The van der Waals surface area contributed by atoms with Crippen molar-refractivity contribution in [2.24, 2.45) is 17.3 Å². The zero-order valence-electron chi connectivity index (χ0n) is 12.4. The molecule has 0 radical (unpaired) electrons. The Morgan fingerprint density at radius 2 is 1.61 bits per heavy atom. The van der Waals surface area contributed by atoms with Gasteiger partial charge in [-0.15, -0.1) is 0 Å². The van der Waals surface area contributed by atoms with Crippen molar-refractivity contribution in [2.45, 2.75) is 60.4 Å². The molecule has 0 aromatic rings. The number of carboxylic acid groups (broad SMARTS) is 1. The molecule has 0 bridgehead atoms. The third-order valence-corrected chi connectivity index (χ3v) is 2.94. The Morgan fingerprint density at radius 1 is 1.11 bits per heavy atom. The normalized spacial score (nSPS) is 15.3. The van der Waals surface area contributed by atoms with Crippen LogP contribution in [-0.4, -0.2) is 23.0 Å². The summed E-state index contributed by atoms with van der Waals surface area (Å²) < 4.78 is 0. The van der Waals surface area contributed by atoms with Crippen LogP contribution in [-0.2, 0) is 9.59 Å². The molecule has 0 spiro atoms. The standard InChI is InChI=1S/C14H27NO3/c1-9(2)7-8-10(3)15-12(16)11(13(17)18)14(4,5)6/h9-11H,7-8H2,1-6H3,(H,15,16)(H,17,18). The maximum absolute atomic E-state index is 12.0. The fourth-order valence-corrected chi connectivity index (χ4v) is 1.86. The molecule has 0 aliphatic carbocycles. The van der Waals surface area contributed by atoms with Crippen molar-refractivity contribution in [1.82, 2.24) is 5.32 Å². The number of aliphatic carboxylic acids is 1. The molecule has 0 aliphatic rings. The van der Waals surface area contributed by atoms with E-state index in [-0.39, 0.29) is 11.9 Å². The summed E-state index contributed by atoms with van der Waals surface area (Å²) in [6.07, 6.45) is 1.90. The van der Waals surface area contributed by atoms with E-state index in [0.29, 0.717) is 5.92 Å². The average Bonchev–Trinajstić information content (AvgIpc) is 2.11. The molecule has 0 aromatic heterocycles. The number of nitrogens with one attached hydrogen (secondary N) is 1. The summed E-state index contributed by atoms with van der Waals surface area (Å²) in [5.74, 6) is -1.86. The van der Waals surface area contributed by atoms with Crippen molar-refractivity contribution in [3.8, 4) is 0 Å². The lowest BCUT2D eigenvalue weighted by Crippen LogP contribution is -2.45. The number of carboxylic acids is 1. The molecule has 0 saturated heterocycles. The van der Waals surface area contributed by atoms with Gasteiger partial charge in [-0.25, -0.2) is 0 Å². The molecule has 4 heteroatoms. The molecular weight excluding hydrogens is 230 g/mol. The highest BCUT2D eigenvalue weighted by molar-refractivity contribution is 5.97. The van der Waals surface area contributed by atoms with E-state index in [4.69, 9.17) is 5.11 Å². The molecule has 0 aromatic carbocycles.